The number of nitrogens with one attached hydrogen (secondary N) is 1. The van der Waals surface area contributed by atoms with Gasteiger partial charge in [-0.1, -0.05) is 52.3 Å². The number of thiophene rings is 1. The SMILES string of the molecule is O=C(NCc1cccc(Br)c1)c1ccccc1C(=O)c1cccs1. The highest BCUT2D eigenvalue weighted by molar-refractivity contribution is 9.10. The number of ketones is 1. The van der Waals surface area contributed by atoms with Crippen molar-refractivity contribution in [3.8, 4) is 0 Å². The molecule has 1 aromatic heterocycles. The fourth-order valence-electron chi connectivity index (χ4n) is 2.34. The number of rotatable bonds is 5. The summed E-state index contributed by atoms with van der Waals surface area (Å²) in [5.41, 5.74) is 1.80. The number of amides is 1. The lowest BCUT2D eigenvalue weighted by Crippen LogP contribution is -2.25. The molecule has 3 nitrogen and oxygen atoms in total. The van der Waals surface area contributed by atoms with Gasteiger partial charge in [0.1, 0.15) is 0 Å². The predicted octanol–water partition coefficient (Wildman–Crippen LogP) is 4.67. The largest absolute Gasteiger partial charge is 0.348 e. The highest BCUT2D eigenvalue weighted by Gasteiger charge is 2.18. The average molecular weight is 400 g/mol. The monoisotopic (exact) mass is 399 g/mol. The smallest absolute Gasteiger partial charge is 0.252 e. The molecule has 0 fully saturated rings. The van der Waals surface area contributed by atoms with Crippen molar-refractivity contribution < 1.29 is 9.59 Å². The molecule has 5 heteroatoms. The van der Waals surface area contributed by atoms with Crippen LogP contribution in [-0.4, -0.2) is 11.7 Å². The number of carbonyl (C=O) groups is 2. The summed E-state index contributed by atoms with van der Waals surface area (Å²) in [5.74, 6) is -0.381. The second-order valence-electron chi connectivity index (χ2n) is 5.16. The first-order valence-electron chi connectivity index (χ1n) is 7.35. The third-order valence-electron chi connectivity index (χ3n) is 3.50. The minimum absolute atomic E-state index is 0.127. The van der Waals surface area contributed by atoms with Gasteiger partial charge in [0, 0.05) is 16.6 Å². The zero-order chi connectivity index (χ0) is 16.9. The van der Waals surface area contributed by atoms with Crippen LogP contribution in [0.1, 0.15) is 31.2 Å². The molecule has 0 aliphatic carbocycles. The molecule has 1 heterocycles. The number of carbonyl (C=O) groups excluding carboxylic acids is 2. The number of halogens is 1. The van der Waals surface area contributed by atoms with E-state index in [0.717, 1.165) is 10.0 Å². The Morgan fingerprint density at radius 1 is 0.958 bits per heavy atom. The minimum atomic E-state index is -0.254. The van der Waals surface area contributed by atoms with E-state index in [1.807, 2.05) is 35.7 Å². The van der Waals surface area contributed by atoms with Gasteiger partial charge in [0.15, 0.2) is 0 Å². The fraction of sp³-hybridized carbons (Fsp3) is 0.0526. The van der Waals surface area contributed by atoms with Crippen LogP contribution in [0.4, 0.5) is 0 Å². The van der Waals surface area contributed by atoms with Crippen LogP contribution >= 0.6 is 27.3 Å². The van der Waals surface area contributed by atoms with Crippen LogP contribution in [-0.2, 0) is 6.54 Å². The van der Waals surface area contributed by atoms with Crippen molar-refractivity contribution in [3.05, 3.63) is 92.1 Å². The van der Waals surface area contributed by atoms with Crippen LogP contribution in [0, 0.1) is 0 Å². The molecular formula is C19H14BrNO2S. The second-order valence-corrected chi connectivity index (χ2v) is 7.03. The minimum Gasteiger partial charge on any atom is -0.348 e. The van der Waals surface area contributed by atoms with E-state index in [0.29, 0.717) is 22.5 Å². The lowest BCUT2D eigenvalue weighted by molar-refractivity contribution is 0.0940. The molecule has 0 aliphatic rings. The van der Waals surface area contributed by atoms with Gasteiger partial charge in [0.25, 0.3) is 5.91 Å². The van der Waals surface area contributed by atoms with Gasteiger partial charge in [-0.3, -0.25) is 9.59 Å². The van der Waals surface area contributed by atoms with Crippen LogP contribution in [0.5, 0.6) is 0 Å². The first-order chi connectivity index (χ1) is 11.6. The summed E-state index contributed by atoms with van der Waals surface area (Å²) in [4.78, 5) is 25.7. The van der Waals surface area contributed by atoms with Crippen molar-refractivity contribution in [1.82, 2.24) is 5.32 Å². The van der Waals surface area contributed by atoms with E-state index in [9.17, 15) is 9.59 Å². The Hall–Kier alpha value is -2.24. The van der Waals surface area contributed by atoms with Crippen molar-refractivity contribution in [1.29, 1.82) is 0 Å². The third-order valence-corrected chi connectivity index (χ3v) is 4.87. The topological polar surface area (TPSA) is 46.2 Å². The summed E-state index contributed by atoms with van der Waals surface area (Å²) in [5, 5.41) is 4.72. The molecule has 3 rings (SSSR count). The van der Waals surface area contributed by atoms with Crippen molar-refractivity contribution in [2.24, 2.45) is 0 Å². The van der Waals surface area contributed by atoms with E-state index >= 15 is 0 Å². The number of hydrogen-bond donors (Lipinski definition) is 1. The third kappa shape index (κ3) is 3.80. The molecule has 0 aliphatic heterocycles. The van der Waals surface area contributed by atoms with Gasteiger partial charge >= 0.3 is 0 Å². The number of benzene rings is 2. The fourth-order valence-corrected chi connectivity index (χ4v) is 3.47. The summed E-state index contributed by atoms with van der Waals surface area (Å²) in [7, 11) is 0. The predicted molar refractivity (Wildman–Crippen MR) is 99.5 cm³/mol. The maximum atomic E-state index is 12.6. The van der Waals surface area contributed by atoms with E-state index in [1.165, 1.54) is 11.3 Å². The van der Waals surface area contributed by atoms with Crippen molar-refractivity contribution in [2.45, 2.75) is 6.54 Å². The van der Waals surface area contributed by atoms with Gasteiger partial charge in [-0.25, -0.2) is 0 Å². The molecule has 0 bridgehead atoms. The molecule has 1 amide bonds. The van der Waals surface area contributed by atoms with Gasteiger partial charge in [0.05, 0.1) is 10.4 Å². The molecule has 24 heavy (non-hydrogen) atoms. The van der Waals surface area contributed by atoms with Crippen molar-refractivity contribution in [3.63, 3.8) is 0 Å². The van der Waals surface area contributed by atoms with Crippen molar-refractivity contribution in [2.75, 3.05) is 0 Å². The van der Waals surface area contributed by atoms with Gasteiger partial charge in [0.2, 0.25) is 5.78 Å². The first-order valence-corrected chi connectivity index (χ1v) is 9.02. The molecule has 0 saturated heterocycles. The molecule has 0 spiro atoms. The van der Waals surface area contributed by atoms with Crippen LogP contribution in [0.15, 0.2) is 70.5 Å². The Labute approximate surface area is 152 Å². The lowest BCUT2D eigenvalue weighted by atomic mass is 10.0. The van der Waals surface area contributed by atoms with Crippen LogP contribution in [0.2, 0.25) is 0 Å². The van der Waals surface area contributed by atoms with Gasteiger partial charge < -0.3 is 5.32 Å². The summed E-state index contributed by atoms with van der Waals surface area (Å²) >= 11 is 4.78. The van der Waals surface area contributed by atoms with Crippen LogP contribution in [0.25, 0.3) is 0 Å². The Morgan fingerprint density at radius 2 is 1.75 bits per heavy atom. The Morgan fingerprint density at radius 3 is 2.46 bits per heavy atom. The summed E-state index contributed by atoms with van der Waals surface area (Å²) < 4.78 is 0.961. The molecule has 0 radical (unpaired) electrons. The van der Waals surface area contributed by atoms with Gasteiger partial charge in [-0.2, -0.15) is 0 Å². The van der Waals surface area contributed by atoms with E-state index in [1.54, 1.807) is 30.3 Å². The second kappa shape index (κ2) is 7.55. The van der Waals surface area contributed by atoms with Gasteiger partial charge in [-0.05, 0) is 35.2 Å². The summed E-state index contributed by atoms with van der Waals surface area (Å²) in [6.45, 7) is 0.403. The normalized spacial score (nSPS) is 10.4. The highest BCUT2D eigenvalue weighted by atomic mass is 79.9. The first kappa shape index (κ1) is 16.6. The maximum Gasteiger partial charge on any atom is 0.252 e. The van der Waals surface area contributed by atoms with E-state index in [-0.39, 0.29) is 11.7 Å². The maximum absolute atomic E-state index is 12.6. The van der Waals surface area contributed by atoms with Crippen LogP contribution < -0.4 is 5.32 Å². The molecule has 0 atom stereocenters. The Bertz CT molecular complexity index is 875. The zero-order valence-corrected chi connectivity index (χ0v) is 15.1. The van der Waals surface area contributed by atoms with Crippen molar-refractivity contribution >= 4 is 39.0 Å². The van der Waals surface area contributed by atoms with Gasteiger partial charge in [-0.15, -0.1) is 11.3 Å². The molecule has 120 valence electrons. The molecule has 3 aromatic rings. The summed E-state index contributed by atoms with van der Waals surface area (Å²) in [6.07, 6.45) is 0. The molecular weight excluding hydrogens is 386 g/mol. The standard InChI is InChI=1S/C19H14BrNO2S/c20-14-6-3-5-13(11-14)12-21-19(23)16-8-2-1-7-15(16)18(22)17-9-4-10-24-17/h1-11H,12H2,(H,21,23). The quantitative estimate of drug-likeness (QED) is 0.633. The zero-order valence-electron chi connectivity index (χ0n) is 12.7. The molecule has 0 unspecified atom stereocenters. The molecule has 0 saturated carbocycles. The summed E-state index contributed by atoms with van der Waals surface area (Å²) in [6, 6.07) is 18.2. The Balaban J connectivity index is 1.79. The molecule has 2 aromatic carbocycles. The Kier molecular flexibility index (Phi) is 5.23. The van der Waals surface area contributed by atoms with E-state index < -0.39 is 0 Å². The van der Waals surface area contributed by atoms with E-state index in [2.05, 4.69) is 21.2 Å². The lowest BCUT2D eigenvalue weighted by Gasteiger charge is -2.09. The van der Waals surface area contributed by atoms with Crippen LogP contribution in [0.3, 0.4) is 0 Å². The number of hydrogen-bond acceptors (Lipinski definition) is 3. The average Bonchev–Trinajstić information content (AvgIpc) is 3.14. The highest BCUT2D eigenvalue weighted by Crippen LogP contribution is 2.18. The molecule has 1 N–H and O–H groups in total. The van der Waals surface area contributed by atoms with E-state index in [4.69, 9.17) is 0 Å².